The predicted octanol–water partition coefficient (Wildman–Crippen LogP) is 2.14. The van der Waals surface area contributed by atoms with Crippen LogP contribution in [0.5, 0.6) is 0 Å². The van der Waals surface area contributed by atoms with E-state index in [-0.39, 0.29) is 12.0 Å². The molecule has 0 unspecified atom stereocenters. The van der Waals surface area contributed by atoms with Crippen molar-refractivity contribution in [3.05, 3.63) is 48.0 Å². The Morgan fingerprint density at radius 2 is 1.94 bits per heavy atom. The molecule has 0 aliphatic carbocycles. The van der Waals surface area contributed by atoms with Gasteiger partial charge in [0.2, 0.25) is 0 Å². The maximum absolute atomic E-state index is 9.93. The van der Waals surface area contributed by atoms with E-state index in [2.05, 4.69) is 0 Å². The van der Waals surface area contributed by atoms with Crippen LogP contribution in [0, 0.1) is 5.41 Å². The quantitative estimate of drug-likeness (QED) is 0.729. The molecule has 1 aromatic carbocycles. The summed E-state index contributed by atoms with van der Waals surface area (Å²) < 4.78 is 5.63. The fourth-order valence-electron chi connectivity index (χ4n) is 1.54. The van der Waals surface area contributed by atoms with Crippen LogP contribution in [0.3, 0.4) is 0 Å². The number of rotatable bonds is 7. The van der Waals surface area contributed by atoms with Crippen molar-refractivity contribution >= 4 is 0 Å². The summed E-state index contributed by atoms with van der Waals surface area (Å²) in [7, 11) is 0. The molecular formula is C15H22O3. The molecule has 1 atom stereocenters. The van der Waals surface area contributed by atoms with Crippen molar-refractivity contribution in [2.24, 2.45) is 5.41 Å². The molecule has 0 heterocycles. The van der Waals surface area contributed by atoms with Crippen molar-refractivity contribution in [3.8, 4) is 0 Å². The van der Waals surface area contributed by atoms with Gasteiger partial charge in [0.15, 0.2) is 0 Å². The Balaban J connectivity index is 2.39. The van der Waals surface area contributed by atoms with Gasteiger partial charge in [0.05, 0.1) is 25.9 Å². The molecule has 3 heteroatoms. The zero-order chi connectivity index (χ0) is 13.4. The van der Waals surface area contributed by atoms with Gasteiger partial charge in [-0.3, -0.25) is 0 Å². The minimum atomic E-state index is -0.625. The van der Waals surface area contributed by atoms with Crippen molar-refractivity contribution in [1.29, 1.82) is 0 Å². The lowest BCUT2D eigenvalue weighted by Crippen LogP contribution is -2.32. The number of aliphatic hydroxyl groups excluding tert-OH is 2. The average Bonchev–Trinajstić information content (AvgIpc) is 2.37. The molecule has 0 aliphatic heterocycles. The van der Waals surface area contributed by atoms with Gasteiger partial charge < -0.3 is 14.9 Å². The van der Waals surface area contributed by atoms with E-state index in [4.69, 9.17) is 9.84 Å². The summed E-state index contributed by atoms with van der Waals surface area (Å²) in [6, 6.07) is 9.94. The van der Waals surface area contributed by atoms with Gasteiger partial charge in [-0.2, -0.15) is 0 Å². The molecule has 0 fully saturated rings. The number of ether oxygens (including phenoxy) is 1. The van der Waals surface area contributed by atoms with Gasteiger partial charge >= 0.3 is 0 Å². The van der Waals surface area contributed by atoms with Gasteiger partial charge in [-0.25, -0.2) is 0 Å². The van der Waals surface area contributed by atoms with E-state index in [1.165, 1.54) is 0 Å². The minimum Gasteiger partial charge on any atom is -0.392 e. The van der Waals surface area contributed by atoms with E-state index in [1.807, 2.05) is 44.2 Å². The first-order valence-corrected chi connectivity index (χ1v) is 6.13. The Bertz CT molecular complexity index is 357. The van der Waals surface area contributed by atoms with Crippen LogP contribution in [0.2, 0.25) is 0 Å². The SMILES string of the molecule is CC(C)(COCc1ccccc1)[C@H](O)/C=C/CO. The monoisotopic (exact) mass is 250 g/mol. The molecule has 0 amide bonds. The smallest absolute Gasteiger partial charge is 0.0794 e. The van der Waals surface area contributed by atoms with Crippen molar-refractivity contribution in [3.63, 3.8) is 0 Å². The van der Waals surface area contributed by atoms with Crippen LogP contribution >= 0.6 is 0 Å². The summed E-state index contributed by atoms with van der Waals surface area (Å²) in [5.41, 5.74) is 0.745. The summed E-state index contributed by atoms with van der Waals surface area (Å²) in [5, 5.41) is 18.6. The Kier molecular flexibility index (Phi) is 6.05. The van der Waals surface area contributed by atoms with Crippen molar-refractivity contribution in [2.45, 2.75) is 26.6 Å². The van der Waals surface area contributed by atoms with Gasteiger partial charge in [0.1, 0.15) is 0 Å². The highest BCUT2D eigenvalue weighted by molar-refractivity contribution is 5.13. The number of aliphatic hydroxyl groups is 2. The van der Waals surface area contributed by atoms with Crippen LogP contribution in [0.1, 0.15) is 19.4 Å². The predicted molar refractivity (Wildman–Crippen MR) is 72.1 cm³/mol. The van der Waals surface area contributed by atoms with E-state index in [0.717, 1.165) is 5.56 Å². The lowest BCUT2D eigenvalue weighted by molar-refractivity contribution is -0.00883. The maximum atomic E-state index is 9.93. The summed E-state index contributed by atoms with van der Waals surface area (Å²) >= 11 is 0. The molecule has 0 spiro atoms. The second kappa shape index (κ2) is 7.31. The molecule has 0 saturated heterocycles. The molecule has 0 aromatic heterocycles. The second-order valence-corrected chi connectivity index (χ2v) is 5.02. The highest BCUT2D eigenvalue weighted by Gasteiger charge is 2.26. The highest BCUT2D eigenvalue weighted by atomic mass is 16.5. The lowest BCUT2D eigenvalue weighted by atomic mass is 9.87. The van der Waals surface area contributed by atoms with E-state index in [0.29, 0.717) is 13.2 Å². The average molecular weight is 250 g/mol. The number of hydrogen-bond acceptors (Lipinski definition) is 3. The molecule has 3 nitrogen and oxygen atoms in total. The first-order valence-electron chi connectivity index (χ1n) is 6.13. The second-order valence-electron chi connectivity index (χ2n) is 5.02. The van der Waals surface area contributed by atoms with Crippen molar-refractivity contribution in [1.82, 2.24) is 0 Å². The van der Waals surface area contributed by atoms with E-state index in [9.17, 15) is 5.11 Å². The maximum Gasteiger partial charge on any atom is 0.0794 e. The molecule has 100 valence electrons. The molecule has 0 bridgehead atoms. The molecule has 0 saturated carbocycles. The Labute approximate surface area is 109 Å². The molecule has 2 N–H and O–H groups in total. The first-order chi connectivity index (χ1) is 8.56. The standard InChI is InChI=1S/C15H22O3/c1-15(2,14(17)9-6-10-16)12-18-11-13-7-4-3-5-8-13/h3-9,14,16-17H,10-12H2,1-2H3/b9-6+/t14-/m1/s1. The Morgan fingerprint density at radius 1 is 1.28 bits per heavy atom. The van der Waals surface area contributed by atoms with E-state index < -0.39 is 6.10 Å². The number of benzene rings is 1. The van der Waals surface area contributed by atoms with E-state index >= 15 is 0 Å². The summed E-state index contributed by atoms with van der Waals surface area (Å²) in [5.74, 6) is 0. The summed E-state index contributed by atoms with van der Waals surface area (Å²) in [6.07, 6.45) is 2.52. The van der Waals surface area contributed by atoms with Gasteiger partial charge in [0, 0.05) is 5.41 Å². The molecule has 1 rings (SSSR count). The lowest BCUT2D eigenvalue weighted by Gasteiger charge is -2.28. The van der Waals surface area contributed by atoms with Crippen LogP contribution in [0.4, 0.5) is 0 Å². The normalized spacial score (nSPS) is 14.0. The number of hydrogen-bond donors (Lipinski definition) is 2. The summed E-state index contributed by atoms with van der Waals surface area (Å²) in [6.45, 7) is 4.81. The van der Waals surface area contributed by atoms with Gasteiger partial charge in [-0.05, 0) is 5.56 Å². The Hall–Kier alpha value is -1.16. The fourth-order valence-corrected chi connectivity index (χ4v) is 1.54. The van der Waals surface area contributed by atoms with Gasteiger partial charge in [0.25, 0.3) is 0 Å². The van der Waals surface area contributed by atoms with Crippen LogP contribution in [-0.2, 0) is 11.3 Å². The molecule has 1 aromatic rings. The third-order valence-corrected chi connectivity index (χ3v) is 2.81. The third kappa shape index (κ3) is 5.00. The summed E-state index contributed by atoms with van der Waals surface area (Å²) in [4.78, 5) is 0. The topological polar surface area (TPSA) is 49.7 Å². The van der Waals surface area contributed by atoms with E-state index in [1.54, 1.807) is 12.2 Å². The largest absolute Gasteiger partial charge is 0.392 e. The first kappa shape index (κ1) is 14.9. The van der Waals surface area contributed by atoms with Crippen LogP contribution in [0.25, 0.3) is 0 Å². The van der Waals surface area contributed by atoms with Gasteiger partial charge in [-0.15, -0.1) is 0 Å². The minimum absolute atomic E-state index is 0.0575. The molecule has 18 heavy (non-hydrogen) atoms. The molecule has 0 radical (unpaired) electrons. The van der Waals surface area contributed by atoms with Crippen LogP contribution in [0.15, 0.2) is 42.5 Å². The molecule has 0 aliphatic rings. The van der Waals surface area contributed by atoms with Crippen molar-refractivity contribution in [2.75, 3.05) is 13.2 Å². The zero-order valence-corrected chi connectivity index (χ0v) is 11.0. The zero-order valence-electron chi connectivity index (χ0n) is 11.0. The van der Waals surface area contributed by atoms with Crippen molar-refractivity contribution < 1.29 is 14.9 Å². The fraction of sp³-hybridized carbons (Fsp3) is 0.467. The Morgan fingerprint density at radius 3 is 2.56 bits per heavy atom. The highest BCUT2D eigenvalue weighted by Crippen LogP contribution is 2.22. The van der Waals surface area contributed by atoms with Crippen LogP contribution in [-0.4, -0.2) is 29.5 Å². The van der Waals surface area contributed by atoms with Gasteiger partial charge in [-0.1, -0.05) is 56.3 Å². The molecular weight excluding hydrogens is 228 g/mol. The van der Waals surface area contributed by atoms with Crippen LogP contribution < -0.4 is 0 Å². The third-order valence-electron chi connectivity index (χ3n) is 2.81.